The van der Waals surface area contributed by atoms with E-state index >= 15 is 0 Å². The Bertz CT molecular complexity index is 1220. The van der Waals surface area contributed by atoms with Gasteiger partial charge in [0.25, 0.3) is 10.0 Å². The molecule has 0 unspecified atom stereocenters. The lowest BCUT2D eigenvalue weighted by atomic mass is 10.0. The Morgan fingerprint density at radius 1 is 1.06 bits per heavy atom. The molecule has 3 N–H and O–H groups in total. The summed E-state index contributed by atoms with van der Waals surface area (Å²) in [5, 5.41) is 2.69. The number of hydrogen-bond donors (Lipinski definition) is 3. The number of hydrazine groups is 1. The number of amides is 2. The average molecular weight is 441 g/mol. The summed E-state index contributed by atoms with van der Waals surface area (Å²) in [5.41, 5.74) is 3.43. The number of aryl methyl sites for hydroxylation is 1. The number of furan rings is 1. The predicted molar refractivity (Wildman–Crippen MR) is 111 cm³/mol. The molecule has 2 heterocycles. The van der Waals surface area contributed by atoms with Crippen LogP contribution in [0.1, 0.15) is 28.3 Å². The van der Waals surface area contributed by atoms with Crippen molar-refractivity contribution in [3.63, 3.8) is 0 Å². The highest BCUT2D eigenvalue weighted by Gasteiger charge is 2.21. The Morgan fingerprint density at radius 3 is 2.68 bits per heavy atom. The van der Waals surface area contributed by atoms with Gasteiger partial charge in [0.05, 0.1) is 4.90 Å². The summed E-state index contributed by atoms with van der Waals surface area (Å²) in [7, 11) is -4.01. The van der Waals surface area contributed by atoms with Gasteiger partial charge >= 0.3 is 5.91 Å². The summed E-state index contributed by atoms with van der Waals surface area (Å²) in [6.45, 7) is 0.120. The first-order valence-electron chi connectivity index (χ1n) is 9.42. The van der Waals surface area contributed by atoms with Crippen LogP contribution < -0.4 is 20.3 Å². The molecule has 4 rings (SSSR count). The summed E-state index contributed by atoms with van der Waals surface area (Å²) in [5.74, 6) is 0.138. The molecule has 1 aromatic heterocycles. The van der Waals surface area contributed by atoms with E-state index in [4.69, 9.17) is 9.15 Å². The molecule has 0 saturated carbocycles. The van der Waals surface area contributed by atoms with Gasteiger partial charge in [0.15, 0.2) is 5.76 Å². The molecule has 160 valence electrons. The fourth-order valence-corrected chi connectivity index (χ4v) is 3.90. The van der Waals surface area contributed by atoms with Gasteiger partial charge in [-0.15, -0.1) is 4.83 Å². The SMILES string of the molecule is O=C1CCc2cc(S(=O)(=O)NNC(=O)c3ccc(COc4ccccc4)o3)ccc2N1. The first kappa shape index (κ1) is 20.6. The van der Waals surface area contributed by atoms with Gasteiger partial charge in [-0.3, -0.25) is 15.0 Å². The molecule has 0 atom stereocenters. The van der Waals surface area contributed by atoms with E-state index in [1.807, 2.05) is 18.2 Å². The highest BCUT2D eigenvalue weighted by atomic mass is 32.2. The lowest BCUT2D eigenvalue weighted by molar-refractivity contribution is -0.116. The van der Waals surface area contributed by atoms with Crippen molar-refractivity contribution in [3.8, 4) is 5.75 Å². The number of anilines is 1. The van der Waals surface area contributed by atoms with E-state index in [0.717, 1.165) is 0 Å². The van der Waals surface area contributed by atoms with Crippen LogP contribution in [0.25, 0.3) is 0 Å². The third kappa shape index (κ3) is 4.93. The largest absolute Gasteiger partial charge is 0.486 e. The van der Waals surface area contributed by atoms with E-state index in [-0.39, 0.29) is 29.6 Å². The standard InChI is InChI=1S/C21H19N3O6S/c25-20-11-6-14-12-17(8-9-18(14)22-20)31(27,28)24-23-21(26)19-10-7-16(30-19)13-29-15-4-2-1-3-5-15/h1-5,7-10,12,24H,6,11,13H2,(H,22,25)(H,23,26). The van der Waals surface area contributed by atoms with E-state index < -0.39 is 15.9 Å². The first-order valence-corrected chi connectivity index (χ1v) is 10.9. The number of carbonyl (C=O) groups excluding carboxylic acids is 2. The molecule has 9 nitrogen and oxygen atoms in total. The van der Waals surface area contributed by atoms with Crippen LogP contribution in [0.5, 0.6) is 5.75 Å². The molecule has 0 aliphatic carbocycles. The molecule has 0 fully saturated rings. The van der Waals surface area contributed by atoms with Crippen LogP contribution in [0.15, 0.2) is 70.0 Å². The Hall–Kier alpha value is -3.63. The molecular weight excluding hydrogens is 422 g/mol. The summed E-state index contributed by atoms with van der Waals surface area (Å²) >= 11 is 0. The topological polar surface area (TPSA) is 127 Å². The summed E-state index contributed by atoms with van der Waals surface area (Å²) < 4.78 is 36.0. The van der Waals surface area contributed by atoms with Crippen molar-refractivity contribution in [2.45, 2.75) is 24.3 Å². The smallest absolute Gasteiger partial charge is 0.301 e. The van der Waals surface area contributed by atoms with Gasteiger partial charge in [-0.25, -0.2) is 8.42 Å². The number of ether oxygens (including phenoxy) is 1. The number of rotatable bonds is 7. The lowest BCUT2D eigenvalue weighted by Gasteiger charge is -2.17. The second-order valence-electron chi connectivity index (χ2n) is 6.79. The number of hydrogen-bond acceptors (Lipinski definition) is 6. The maximum atomic E-state index is 12.5. The van der Waals surface area contributed by atoms with Crippen LogP contribution in [0.4, 0.5) is 5.69 Å². The maximum absolute atomic E-state index is 12.5. The van der Waals surface area contributed by atoms with Gasteiger partial charge in [-0.1, -0.05) is 18.2 Å². The van der Waals surface area contributed by atoms with Crippen molar-refractivity contribution < 1.29 is 27.2 Å². The molecule has 1 aliphatic heterocycles. The van der Waals surface area contributed by atoms with Crippen molar-refractivity contribution in [1.82, 2.24) is 10.3 Å². The second-order valence-corrected chi connectivity index (χ2v) is 8.48. The molecule has 31 heavy (non-hydrogen) atoms. The van der Waals surface area contributed by atoms with Crippen molar-refractivity contribution in [2.24, 2.45) is 0 Å². The van der Waals surface area contributed by atoms with Gasteiger partial charge in [-0.05, 0) is 54.4 Å². The van der Waals surface area contributed by atoms with Crippen molar-refractivity contribution in [1.29, 1.82) is 0 Å². The number of sulfonamides is 1. The third-order valence-electron chi connectivity index (χ3n) is 4.59. The minimum atomic E-state index is -4.01. The molecule has 0 saturated heterocycles. The molecule has 10 heteroatoms. The van der Waals surface area contributed by atoms with Crippen LogP contribution in [0.3, 0.4) is 0 Å². The zero-order chi connectivity index (χ0) is 21.8. The molecule has 0 radical (unpaired) electrons. The van der Waals surface area contributed by atoms with Crippen molar-refractivity contribution >= 4 is 27.5 Å². The average Bonchev–Trinajstić information content (AvgIpc) is 3.25. The Morgan fingerprint density at radius 2 is 1.87 bits per heavy atom. The highest BCUT2D eigenvalue weighted by Crippen LogP contribution is 2.25. The van der Waals surface area contributed by atoms with Gasteiger partial charge in [0, 0.05) is 12.1 Å². The molecule has 2 amide bonds. The van der Waals surface area contributed by atoms with E-state index in [0.29, 0.717) is 29.2 Å². The van der Waals surface area contributed by atoms with Crippen LogP contribution in [-0.2, 0) is 27.8 Å². The number of carbonyl (C=O) groups is 2. The number of benzene rings is 2. The van der Waals surface area contributed by atoms with Gasteiger partial charge in [0.1, 0.15) is 18.1 Å². The predicted octanol–water partition coefficient (Wildman–Crippen LogP) is 2.37. The van der Waals surface area contributed by atoms with Crippen LogP contribution in [-0.4, -0.2) is 20.2 Å². The Balaban J connectivity index is 1.36. The maximum Gasteiger partial charge on any atom is 0.301 e. The molecule has 1 aliphatic rings. The monoisotopic (exact) mass is 441 g/mol. The van der Waals surface area contributed by atoms with E-state index in [1.54, 1.807) is 18.2 Å². The summed E-state index contributed by atoms with van der Waals surface area (Å²) in [6.07, 6.45) is 0.729. The minimum Gasteiger partial charge on any atom is -0.486 e. The number of nitrogens with one attached hydrogen (secondary N) is 3. The van der Waals surface area contributed by atoms with E-state index in [1.165, 1.54) is 24.3 Å². The molecule has 0 spiro atoms. The highest BCUT2D eigenvalue weighted by molar-refractivity contribution is 7.89. The lowest BCUT2D eigenvalue weighted by Crippen LogP contribution is -2.41. The van der Waals surface area contributed by atoms with Gasteiger partial charge < -0.3 is 14.5 Å². The van der Waals surface area contributed by atoms with Crippen LogP contribution in [0, 0.1) is 0 Å². The zero-order valence-electron chi connectivity index (χ0n) is 16.3. The molecule has 3 aromatic rings. The van der Waals surface area contributed by atoms with Crippen LogP contribution >= 0.6 is 0 Å². The summed E-state index contributed by atoms with van der Waals surface area (Å²) in [4.78, 5) is 25.7. The zero-order valence-corrected chi connectivity index (χ0v) is 17.1. The fraction of sp³-hybridized carbons (Fsp3) is 0.143. The normalized spacial score (nSPS) is 13.2. The third-order valence-corrected chi connectivity index (χ3v) is 5.84. The molecule has 0 bridgehead atoms. The number of fused-ring (bicyclic) bond motifs is 1. The van der Waals surface area contributed by atoms with E-state index in [2.05, 4.69) is 15.6 Å². The van der Waals surface area contributed by atoms with Crippen molar-refractivity contribution in [3.05, 3.63) is 77.7 Å². The van der Waals surface area contributed by atoms with Crippen LogP contribution in [0.2, 0.25) is 0 Å². The molecule has 2 aromatic carbocycles. The van der Waals surface area contributed by atoms with Gasteiger partial charge in [0.2, 0.25) is 5.91 Å². The minimum absolute atomic E-state index is 0.0286. The second kappa shape index (κ2) is 8.62. The van der Waals surface area contributed by atoms with E-state index in [9.17, 15) is 18.0 Å². The number of para-hydroxylation sites is 1. The van der Waals surface area contributed by atoms with Crippen molar-refractivity contribution in [2.75, 3.05) is 5.32 Å². The fourth-order valence-electron chi connectivity index (χ4n) is 3.01. The Labute approximate surface area is 178 Å². The Kier molecular flexibility index (Phi) is 5.74. The van der Waals surface area contributed by atoms with Gasteiger partial charge in [-0.2, -0.15) is 0 Å². The first-order chi connectivity index (χ1) is 14.9. The molecular formula is C21H19N3O6S. The quantitative estimate of drug-likeness (QED) is 0.483. The summed E-state index contributed by atoms with van der Waals surface area (Å²) in [6, 6.07) is 16.5.